The molecule has 2 aromatic carbocycles. The maximum Gasteiger partial charge on any atom is 0.124 e. The number of halogens is 4. The largest absolute Gasteiger partial charge is 0.493 e. The number of rotatable bonds is 4. The van der Waals surface area contributed by atoms with E-state index < -0.39 is 0 Å². The van der Waals surface area contributed by atoms with E-state index in [-0.39, 0.29) is 37.0 Å². The number of para-hydroxylation sites is 1. The van der Waals surface area contributed by atoms with Crippen molar-refractivity contribution in [1.82, 2.24) is 10.2 Å². The third-order valence-corrected chi connectivity index (χ3v) is 6.10. The smallest absolute Gasteiger partial charge is 0.124 e. The molecule has 8 heteroatoms. The molecule has 4 nitrogen and oxygen atoms in total. The second-order valence-electron chi connectivity index (χ2n) is 7.03. The van der Waals surface area contributed by atoms with Crippen LogP contribution in [-0.2, 0) is 11.3 Å². The molecule has 0 aliphatic carbocycles. The Bertz CT molecular complexity index is 771. The lowest BCUT2D eigenvalue weighted by molar-refractivity contribution is -0.0331. The Morgan fingerprint density at radius 2 is 1.72 bits per heavy atom. The quantitative estimate of drug-likeness (QED) is 0.538. The molecule has 2 aliphatic heterocycles. The van der Waals surface area contributed by atoms with Crippen molar-refractivity contribution >= 4 is 56.7 Å². The summed E-state index contributed by atoms with van der Waals surface area (Å²) in [6.45, 7) is 5.37. The number of hydrogen-bond donors (Lipinski definition) is 1. The van der Waals surface area contributed by atoms with Crippen molar-refractivity contribution in [2.45, 2.75) is 25.2 Å². The maximum atomic E-state index is 6.50. The molecule has 0 bridgehead atoms. The van der Waals surface area contributed by atoms with E-state index in [1.165, 1.54) is 5.56 Å². The molecule has 1 N–H and O–H groups in total. The molecule has 0 radical (unpaired) electrons. The highest BCUT2D eigenvalue weighted by Crippen LogP contribution is 2.37. The van der Waals surface area contributed by atoms with Gasteiger partial charge in [-0.05, 0) is 29.8 Å². The van der Waals surface area contributed by atoms with Crippen molar-refractivity contribution in [3.05, 3.63) is 62.5 Å². The first-order valence-electron chi connectivity index (χ1n) is 9.44. The van der Waals surface area contributed by atoms with Gasteiger partial charge in [0.15, 0.2) is 0 Å². The number of fused-ring (bicyclic) bond motifs is 1. The predicted octanol–water partition coefficient (Wildman–Crippen LogP) is 5.37. The van der Waals surface area contributed by atoms with Crippen LogP contribution in [0.1, 0.15) is 23.6 Å². The summed E-state index contributed by atoms with van der Waals surface area (Å²) in [5.74, 6) is 0.998. The van der Waals surface area contributed by atoms with Crippen LogP contribution in [0.25, 0.3) is 0 Å². The number of nitrogens with one attached hydrogen (secondary N) is 1. The molecule has 160 valence electrons. The average Bonchev–Trinajstić information content (AvgIpc) is 2.85. The SMILES string of the molecule is Brc1cc(Br)cc(CO[C@H]2CCOc3ccccc3[C@H]2N2CCNCC2)c1.Cl.Cl. The summed E-state index contributed by atoms with van der Waals surface area (Å²) in [4.78, 5) is 2.55. The fourth-order valence-corrected chi connectivity index (χ4v) is 5.35. The van der Waals surface area contributed by atoms with Crippen molar-refractivity contribution in [3.63, 3.8) is 0 Å². The van der Waals surface area contributed by atoms with Gasteiger partial charge in [0.05, 0.1) is 25.4 Å². The Morgan fingerprint density at radius 3 is 2.45 bits per heavy atom. The Kier molecular flexibility index (Phi) is 10.2. The molecule has 1 saturated heterocycles. The van der Waals surface area contributed by atoms with Gasteiger partial charge in [0.2, 0.25) is 0 Å². The summed E-state index contributed by atoms with van der Waals surface area (Å²) in [6.07, 6.45) is 0.989. The molecule has 0 spiro atoms. The predicted molar refractivity (Wildman–Crippen MR) is 129 cm³/mol. The fourth-order valence-electron chi connectivity index (χ4n) is 3.96. The van der Waals surface area contributed by atoms with E-state index in [9.17, 15) is 0 Å². The van der Waals surface area contributed by atoms with Crippen LogP contribution in [0, 0.1) is 0 Å². The van der Waals surface area contributed by atoms with Crippen molar-refractivity contribution in [2.75, 3.05) is 32.8 Å². The van der Waals surface area contributed by atoms with E-state index >= 15 is 0 Å². The third-order valence-electron chi connectivity index (χ3n) is 5.18. The minimum absolute atomic E-state index is 0. The van der Waals surface area contributed by atoms with Crippen molar-refractivity contribution in [3.8, 4) is 5.75 Å². The molecule has 4 rings (SSSR count). The van der Waals surface area contributed by atoms with Crippen LogP contribution in [0.4, 0.5) is 0 Å². The minimum atomic E-state index is 0. The summed E-state index contributed by atoms with van der Waals surface area (Å²) in [5.41, 5.74) is 2.41. The van der Waals surface area contributed by atoms with Crippen LogP contribution in [0.2, 0.25) is 0 Å². The summed E-state index contributed by atoms with van der Waals surface area (Å²) in [5, 5.41) is 3.45. The van der Waals surface area contributed by atoms with Crippen LogP contribution in [0.3, 0.4) is 0 Å². The first kappa shape index (κ1) is 24.9. The van der Waals surface area contributed by atoms with Gasteiger partial charge >= 0.3 is 0 Å². The molecule has 0 aromatic heterocycles. The lowest BCUT2D eigenvalue weighted by Gasteiger charge is -2.38. The molecule has 0 amide bonds. The van der Waals surface area contributed by atoms with Gasteiger partial charge in [-0.2, -0.15) is 0 Å². The third kappa shape index (κ3) is 6.33. The van der Waals surface area contributed by atoms with Gasteiger partial charge in [-0.15, -0.1) is 24.8 Å². The zero-order chi connectivity index (χ0) is 18.6. The van der Waals surface area contributed by atoms with E-state index in [1.807, 2.05) is 12.1 Å². The molecular weight excluding hydrogens is 543 g/mol. The Labute approximate surface area is 201 Å². The van der Waals surface area contributed by atoms with Crippen LogP contribution in [-0.4, -0.2) is 43.8 Å². The lowest BCUT2D eigenvalue weighted by Crippen LogP contribution is -2.48. The summed E-state index contributed by atoms with van der Waals surface area (Å²) in [7, 11) is 0. The fraction of sp³-hybridized carbons (Fsp3) is 0.429. The number of ether oxygens (including phenoxy) is 2. The molecule has 2 atom stereocenters. The highest BCUT2D eigenvalue weighted by atomic mass is 79.9. The van der Waals surface area contributed by atoms with Gasteiger partial charge < -0.3 is 14.8 Å². The molecular formula is C21H26Br2Cl2N2O2. The van der Waals surface area contributed by atoms with Crippen LogP contribution < -0.4 is 10.1 Å². The molecule has 0 unspecified atom stereocenters. The Hall–Kier alpha value is -0.340. The lowest BCUT2D eigenvalue weighted by atomic mass is 9.96. The first-order chi connectivity index (χ1) is 13.2. The van der Waals surface area contributed by atoms with E-state index in [2.05, 4.69) is 72.4 Å². The van der Waals surface area contributed by atoms with Crippen LogP contribution in [0.5, 0.6) is 5.75 Å². The second-order valence-corrected chi connectivity index (χ2v) is 8.86. The monoisotopic (exact) mass is 566 g/mol. The van der Waals surface area contributed by atoms with Crippen LogP contribution >= 0.6 is 56.7 Å². The average molecular weight is 569 g/mol. The molecule has 1 fully saturated rings. The Balaban J connectivity index is 0.00000150. The Morgan fingerprint density at radius 1 is 1.03 bits per heavy atom. The summed E-state index contributed by atoms with van der Waals surface area (Å²) >= 11 is 7.13. The van der Waals surface area contributed by atoms with Gasteiger partial charge in [0.1, 0.15) is 5.75 Å². The molecule has 2 aliphatic rings. The number of benzene rings is 2. The van der Waals surface area contributed by atoms with Gasteiger partial charge in [0.25, 0.3) is 0 Å². The number of hydrogen-bond acceptors (Lipinski definition) is 4. The highest BCUT2D eigenvalue weighted by molar-refractivity contribution is 9.11. The maximum absolute atomic E-state index is 6.50. The van der Waals surface area contributed by atoms with E-state index in [0.717, 1.165) is 52.9 Å². The second kappa shape index (κ2) is 11.9. The van der Waals surface area contributed by atoms with Crippen LogP contribution in [0.15, 0.2) is 51.4 Å². The normalized spacial score (nSPS) is 21.7. The van der Waals surface area contributed by atoms with Gasteiger partial charge in [-0.3, -0.25) is 4.90 Å². The summed E-state index contributed by atoms with van der Waals surface area (Å²) in [6, 6.07) is 14.9. The minimum Gasteiger partial charge on any atom is -0.493 e. The van der Waals surface area contributed by atoms with Crippen molar-refractivity contribution in [2.24, 2.45) is 0 Å². The molecule has 0 saturated carbocycles. The summed E-state index contributed by atoms with van der Waals surface area (Å²) < 4.78 is 14.7. The number of nitrogens with zero attached hydrogens (tertiary/aromatic N) is 1. The zero-order valence-corrected chi connectivity index (χ0v) is 20.8. The topological polar surface area (TPSA) is 33.7 Å². The number of piperazine rings is 1. The molecule has 2 aromatic rings. The van der Waals surface area contributed by atoms with E-state index in [0.29, 0.717) is 13.2 Å². The van der Waals surface area contributed by atoms with Gasteiger partial charge in [-0.25, -0.2) is 0 Å². The molecule has 2 heterocycles. The van der Waals surface area contributed by atoms with Gasteiger partial charge in [0, 0.05) is 47.1 Å². The zero-order valence-electron chi connectivity index (χ0n) is 16.0. The van der Waals surface area contributed by atoms with E-state index in [4.69, 9.17) is 9.47 Å². The molecule has 29 heavy (non-hydrogen) atoms. The standard InChI is InChI=1S/C21H24Br2N2O2.2ClH/c22-16-11-15(12-17(23)13-16)14-27-20-5-10-26-19-4-2-1-3-18(19)21(20)25-8-6-24-7-9-25;;/h1-4,11-13,20-21,24H,5-10,14H2;2*1H/t20-,21+;;/m0../s1. The van der Waals surface area contributed by atoms with Gasteiger partial charge in [-0.1, -0.05) is 50.1 Å². The van der Waals surface area contributed by atoms with E-state index in [1.54, 1.807) is 0 Å². The first-order valence-corrected chi connectivity index (χ1v) is 11.0. The van der Waals surface area contributed by atoms with Crippen molar-refractivity contribution in [1.29, 1.82) is 0 Å². The van der Waals surface area contributed by atoms with Crippen molar-refractivity contribution < 1.29 is 9.47 Å². The highest BCUT2D eigenvalue weighted by Gasteiger charge is 2.34.